The van der Waals surface area contributed by atoms with Crippen molar-refractivity contribution in [2.24, 2.45) is 0 Å². The minimum atomic E-state index is -0.465. The Hall–Kier alpha value is -2.72. The van der Waals surface area contributed by atoms with Crippen LogP contribution in [0, 0.1) is 10.1 Å². The molecule has 0 saturated carbocycles. The minimum Gasteiger partial charge on any atom is -0.449 e. The van der Waals surface area contributed by atoms with Gasteiger partial charge in [0.05, 0.1) is 11.5 Å². The monoisotopic (exact) mass is 491 g/mol. The van der Waals surface area contributed by atoms with E-state index in [-0.39, 0.29) is 17.6 Å². The molecule has 1 aromatic carbocycles. The summed E-state index contributed by atoms with van der Waals surface area (Å²) in [5.41, 5.74) is 1.76. The number of hydrogen-bond donors (Lipinski definition) is 1. The van der Waals surface area contributed by atoms with Gasteiger partial charge in [0.1, 0.15) is 0 Å². The molecule has 0 spiro atoms. The highest BCUT2D eigenvalue weighted by Gasteiger charge is 2.22. The number of ether oxygens (including phenoxy) is 1. The Bertz CT molecular complexity index is 901. The van der Waals surface area contributed by atoms with E-state index in [0.717, 1.165) is 43.7 Å². The van der Waals surface area contributed by atoms with Crippen molar-refractivity contribution in [2.75, 3.05) is 38.1 Å². The predicted octanol–water partition coefficient (Wildman–Crippen LogP) is 4.55. The normalized spacial score (nSPS) is 14.3. The fourth-order valence-corrected chi connectivity index (χ4v) is 3.56. The molecule has 2 aromatic rings. The van der Waals surface area contributed by atoms with E-state index in [2.05, 4.69) is 38.1 Å². The Morgan fingerprint density at radius 3 is 2.61 bits per heavy atom. The molecule has 0 aliphatic carbocycles. The van der Waals surface area contributed by atoms with Gasteiger partial charge in [-0.25, -0.2) is 9.78 Å². The van der Waals surface area contributed by atoms with Crippen LogP contribution in [-0.2, 0) is 11.3 Å². The zero-order valence-electron chi connectivity index (χ0n) is 17.4. The molecule has 166 valence electrons. The second kappa shape index (κ2) is 11.1. The highest BCUT2D eigenvalue weighted by atomic mass is 79.9. The van der Waals surface area contributed by atoms with Crippen molar-refractivity contribution >= 4 is 39.2 Å². The molecule has 0 unspecified atom stereocenters. The molecular formula is C21H26BrN5O4. The van der Waals surface area contributed by atoms with E-state index in [1.165, 1.54) is 12.3 Å². The molecule has 0 atom stereocenters. The maximum absolute atomic E-state index is 12.0. The zero-order valence-corrected chi connectivity index (χ0v) is 19.0. The van der Waals surface area contributed by atoms with Gasteiger partial charge in [-0.1, -0.05) is 25.5 Å². The number of carbonyl (C=O) groups is 1. The number of halogens is 1. The van der Waals surface area contributed by atoms with Gasteiger partial charge in [0, 0.05) is 55.1 Å². The number of rotatable bonds is 8. The van der Waals surface area contributed by atoms with Crippen molar-refractivity contribution in [1.82, 2.24) is 14.8 Å². The third-order valence-electron chi connectivity index (χ3n) is 5.01. The van der Waals surface area contributed by atoms with Gasteiger partial charge in [-0.15, -0.1) is 0 Å². The van der Waals surface area contributed by atoms with Gasteiger partial charge < -0.3 is 15.0 Å². The maximum Gasteiger partial charge on any atom is 0.409 e. The predicted molar refractivity (Wildman–Crippen MR) is 121 cm³/mol. The lowest BCUT2D eigenvalue weighted by Gasteiger charge is -2.34. The number of amides is 1. The van der Waals surface area contributed by atoms with Crippen LogP contribution in [0.1, 0.15) is 25.3 Å². The highest BCUT2D eigenvalue weighted by Crippen LogP contribution is 2.28. The summed E-state index contributed by atoms with van der Waals surface area (Å²) >= 11 is 3.20. The molecule has 1 aliphatic heterocycles. The van der Waals surface area contributed by atoms with Crippen molar-refractivity contribution in [3.8, 4) is 0 Å². The average molecular weight is 492 g/mol. The first-order chi connectivity index (χ1) is 15.0. The molecule has 1 N–H and O–H groups in total. The quantitative estimate of drug-likeness (QED) is 0.328. The Balaban J connectivity index is 1.51. The number of hydrogen-bond acceptors (Lipinski definition) is 7. The molecule has 1 fully saturated rings. The SMILES string of the molecule is CCCCOC(=O)N1CCN(Cc2ccc(Nc3ncc(Br)cc3[N+](=O)[O-])cc2)CC1. The summed E-state index contributed by atoms with van der Waals surface area (Å²) in [5, 5.41) is 14.2. The van der Waals surface area contributed by atoms with Crippen LogP contribution in [0.2, 0.25) is 0 Å². The van der Waals surface area contributed by atoms with Crippen molar-refractivity contribution in [3.63, 3.8) is 0 Å². The van der Waals surface area contributed by atoms with Crippen LogP contribution in [0.5, 0.6) is 0 Å². The summed E-state index contributed by atoms with van der Waals surface area (Å²) in [7, 11) is 0. The van der Waals surface area contributed by atoms with Gasteiger partial charge in [0.15, 0.2) is 0 Å². The second-order valence-electron chi connectivity index (χ2n) is 7.33. The van der Waals surface area contributed by atoms with Crippen molar-refractivity contribution < 1.29 is 14.5 Å². The number of nitrogens with one attached hydrogen (secondary N) is 1. The Morgan fingerprint density at radius 1 is 1.26 bits per heavy atom. The zero-order chi connectivity index (χ0) is 22.2. The lowest BCUT2D eigenvalue weighted by atomic mass is 10.1. The van der Waals surface area contributed by atoms with E-state index < -0.39 is 4.92 Å². The van der Waals surface area contributed by atoms with Crippen LogP contribution in [0.25, 0.3) is 0 Å². The molecule has 3 rings (SSSR count). The Labute approximate surface area is 189 Å². The van der Waals surface area contributed by atoms with Gasteiger partial charge in [-0.3, -0.25) is 15.0 Å². The largest absolute Gasteiger partial charge is 0.449 e. The lowest BCUT2D eigenvalue weighted by Crippen LogP contribution is -2.48. The number of pyridine rings is 1. The Morgan fingerprint density at radius 2 is 1.97 bits per heavy atom. The van der Waals surface area contributed by atoms with E-state index >= 15 is 0 Å². The van der Waals surface area contributed by atoms with Gasteiger partial charge >= 0.3 is 11.8 Å². The van der Waals surface area contributed by atoms with E-state index in [4.69, 9.17) is 4.74 Å². The number of benzene rings is 1. The van der Waals surface area contributed by atoms with Crippen LogP contribution >= 0.6 is 15.9 Å². The van der Waals surface area contributed by atoms with E-state index in [1.807, 2.05) is 24.3 Å². The Kier molecular flexibility index (Phi) is 8.19. The number of unbranched alkanes of at least 4 members (excludes halogenated alkanes) is 1. The molecule has 10 heteroatoms. The van der Waals surface area contributed by atoms with Crippen LogP contribution in [-0.4, -0.2) is 58.6 Å². The maximum atomic E-state index is 12.0. The van der Waals surface area contributed by atoms with Gasteiger partial charge in [0.25, 0.3) is 0 Å². The molecule has 0 bridgehead atoms. The first-order valence-electron chi connectivity index (χ1n) is 10.3. The van der Waals surface area contributed by atoms with Crippen LogP contribution in [0.4, 0.5) is 22.0 Å². The molecule has 0 radical (unpaired) electrons. The first-order valence-corrected chi connectivity index (χ1v) is 11.1. The molecule has 1 amide bonds. The summed E-state index contributed by atoms with van der Waals surface area (Å²) in [5.74, 6) is 0.197. The van der Waals surface area contributed by atoms with Crippen molar-refractivity contribution in [3.05, 3.63) is 56.7 Å². The molecular weight excluding hydrogens is 466 g/mol. The number of piperazine rings is 1. The highest BCUT2D eigenvalue weighted by molar-refractivity contribution is 9.10. The molecule has 31 heavy (non-hydrogen) atoms. The third-order valence-corrected chi connectivity index (χ3v) is 5.44. The molecule has 2 heterocycles. The number of anilines is 2. The average Bonchev–Trinajstić information content (AvgIpc) is 2.77. The number of nitro groups is 1. The van der Waals surface area contributed by atoms with Gasteiger partial charge in [0.2, 0.25) is 5.82 Å². The van der Waals surface area contributed by atoms with Crippen LogP contribution < -0.4 is 5.32 Å². The number of carbonyl (C=O) groups excluding carboxylic acids is 1. The topological polar surface area (TPSA) is 101 Å². The van der Waals surface area contributed by atoms with Crippen molar-refractivity contribution in [1.29, 1.82) is 0 Å². The first kappa shape index (κ1) is 23.0. The standard InChI is InChI=1S/C21H26BrN5O4/c1-2-3-12-31-21(28)26-10-8-25(9-11-26)15-16-4-6-18(7-5-16)24-20-19(27(29)30)13-17(22)14-23-20/h4-7,13-14H,2-3,8-12,15H2,1H3,(H,23,24). The van der Waals surface area contributed by atoms with Gasteiger partial charge in [-0.05, 0) is 40.0 Å². The van der Waals surface area contributed by atoms with E-state index in [0.29, 0.717) is 24.2 Å². The minimum absolute atomic E-state index is 0.0930. The fourth-order valence-electron chi connectivity index (χ4n) is 3.24. The van der Waals surface area contributed by atoms with Crippen LogP contribution in [0.15, 0.2) is 41.0 Å². The molecule has 9 nitrogen and oxygen atoms in total. The molecule has 1 aromatic heterocycles. The summed E-state index contributed by atoms with van der Waals surface area (Å²) < 4.78 is 5.83. The smallest absolute Gasteiger partial charge is 0.409 e. The second-order valence-corrected chi connectivity index (χ2v) is 8.25. The summed E-state index contributed by atoms with van der Waals surface area (Å²) in [4.78, 5) is 31.0. The lowest BCUT2D eigenvalue weighted by molar-refractivity contribution is -0.384. The summed E-state index contributed by atoms with van der Waals surface area (Å²) in [6, 6.07) is 9.15. The van der Waals surface area contributed by atoms with E-state index in [9.17, 15) is 14.9 Å². The molecule has 1 saturated heterocycles. The fraction of sp³-hybridized carbons (Fsp3) is 0.429. The number of aromatic nitrogens is 1. The van der Waals surface area contributed by atoms with E-state index in [1.54, 1.807) is 4.90 Å². The third kappa shape index (κ3) is 6.63. The summed E-state index contributed by atoms with van der Waals surface area (Å²) in [6.45, 7) is 6.21. The van der Waals surface area contributed by atoms with Gasteiger partial charge in [-0.2, -0.15) is 0 Å². The summed E-state index contributed by atoms with van der Waals surface area (Å²) in [6.07, 6.45) is 3.19. The number of nitrogens with zero attached hydrogens (tertiary/aromatic N) is 4. The molecule has 1 aliphatic rings. The van der Waals surface area contributed by atoms with Crippen molar-refractivity contribution in [2.45, 2.75) is 26.3 Å². The van der Waals surface area contributed by atoms with Crippen LogP contribution in [0.3, 0.4) is 0 Å².